The van der Waals surface area contributed by atoms with Crippen molar-refractivity contribution < 1.29 is 9.53 Å². The maximum absolute atomic E-state index is 13.0. The van der Waals surface area contributed by atoms with Gasteiger partial charge in [0.05, 0.1) is 19.3 Å². The Kier molecular flexibility index (Phi) is 4.67. The second kappa shape index (κ2) is 6.87. The Hall–Kier alpha value is -2.27. The third kappa shape index (κ3) is 3.40. The molecule has 0 aromatic heterocycles. The molecule has 0 saturated heterocycles. The highest BCUT2D eigenvalue weighted by atomic mass is 32.2. The van der Waals surface area contributed by atoms with Gasteiger partial charge in [0.2, 0.25) is 0 Å². The zero-order valence-electron chi connectivity index (χ0n) is 13.1. The summed E-state index contributed by atoms with van der Waals surface area (Å²) in [5, 5.41) is 1.11. The Bertz CT molecular complexity index is 731. The number of amidine groups is 1. The zero-order chi connectivity index (χ0) is 16.2. The van der Waals surface area contributed by atoms with Crippen molar-refractivity contribution in [2.75, 3.05) is 18.6 Å². The number of ether oxygens (including phenoxy) is 1. The number of anilines is 1. The third-order valence-electron chi connectivity index (χ3n) is 3.52. The average Bonchev–Trinajstić information content (AvgIpc) is 3.02. The number of thioether (sulfide) groups is 1. The highest BCUT2D eigenvalue weighted by molar-refractivity contribution is 8.15. The van der Waals surface area contributed by atoms with Gasteiger partial charge in [-0.15, -0.1) is 0 Å². The van der Waals surface area contributed by atoms with Crippen LogP contribution in [0.4, 0.5) is 5.69 Å². The number of aliphatic imine (C=N–C) groups is 1. The average molecular weight is 326 g/mol. The minimum absolute atomic E-state index is 0.0841. The lowest BCUT2D eigenvalue weighted by Gasteiger charge is -2.23. The van der Waals surface area contributed by atoms with Crippen molar-refractivity contribution in [3.8, 4) is 5.75 Å². The summed E-state index contributed by atoms with van der Waals surface area (Å²) in [7, 11) is 1.62. The molecule has 1 unspecified atom stereocenters. The van der Waals surface area contributed by atoms with Gasteiger partial charge in [0.1, 0.15) is 5.75 Å². The molecule has 0 spiro atoms. The van der Waals surface area contributed by atoms with Gasteiger partial charge >= 0.3 is 0 Å². The van der Waals surface area contributed by atoms with Crippen LogP contribution in [0.5, 0.6) is 5.75 Å². The van der Waals surface area contributed by atoms with Crippen molar-refractivity contribution in [2.45, 2.75) is 12.2 Å². The Morgan fingerprint density at radius 3 is 2.65 bits per heavy atom. The number of amides is 1. The second-order valence-corrected chi connectivity index (χ2v) is 6.67. The molecule has 23 heavy (non-hydrogen) atoms. The quantitative estimate of drug-likeness (QED) is 0.861. The first-order valence-electron chi connectivity index (χ1n) is 7.43. The van der Waals surface area contributed by atoms with Gasteiger partial charge < -0.3 is 4.74 Å². The minimum atomic E-state index is -0.0841. The summed E-state index contributed by atoms with van der Waals surface area (Å²) in [4.78, 5) is 19.2. The lowest BCUT2D eigenvalue weighted by molar-refractivity contribution is 0.100. The van der Waals surface area contributed by atoms with Crippen molar-refractivity contribution in [1.82, 2.24) is 0 Å². The molecule has 2 aromatic carbocycles. The van der Waals surface area contributed by atoms with Crippen LogP contribution < -0.4 is 9.64 Å². The van der Waals surface area contributed by atoms with Gasteiger partial charge in [-0.1, -0.05) is 43.0 Å². The molecular formula is C18H18N2O2S. The van der Waals surface area contributed by atoms with Gasteiger partial charge in [-0.2, -0.15) is 0 Å². The Morgan fingerprint density at radius 1 is 1.22 bits per heavy atom. The predicted octanol–water partition coefficient (Wildman–Crippen LogP) is 3.83. The van der Waals surface area contributed by atoms with Gasteiger partial charge in [-0.05, 0) is 24.3 Å². The highest BCUT2D eigenvalue weighted by Gasteiger charge is 2.28. The summed E-state index contributed by atoms with van der Waals surface area (Å²) < 4.78 is 5.29. The summed E-state index contributed by atoms with van der Waals surface area (Å²) in [6, 6.07) is 16.8. The molecule has 118 valence electrons. The van der Waals surface area contributed by atoms with Crippen LogP contribution in [0.15, 0.2) is 59.6 Å². The molecule has 0 fully saturated rings. The molecule has 0 aliphatic carbocycles. The molecule has 2 aromatic rings. The van der Waals surface area contributed by atoms with Crippen molar-refractivity contribution in [3.63, 3.8) is 0 Å². The molecule has 1 amide bonds. The molecular weight excluding hydrogens is 308 g/mol. The normalized spacial score (nSPS) is 16.8. The van der Waals surface area contributed by atoms with E-state index in [1.54, 1.807) is 23.8 Å². The molecule has 5 heteroatoms. The zero-order valence-corrected chi connectivity index (χ0v) is 13.9. The number of hydrogen-bond donors (Lipinski definition) is 0. The summed E-state index contributed by atoms with van der Waals surface area (Å²) in [6.07, 6.45) is 0. The minimum Gasteiger partial charge on any atom is -0.497 e. The molecule has 3 rings (SSSR count). The largest absolute Gasteiger partial charge is 0.497 e. The molecule has 1 heterocycles. The van der Waals surface area contributed by atoms with Gasteiger partial charge in [-0.3, -0.25) is 14.7 Å². The van der Waals surface area contributed by atoms with Gasteiger partial charge in [0, 0.05) is 16.9 Å². The van der Waals surface area contributed by atoms with E-state index in [1.165, 1.54) is 0 Å². The number of methoxy groups -OCH3 is 1. The fourth-order valence-corrected chi connectivity index (χ4v) is 3.31. The third-order valence-corrected chi connectivity index (χ3v) is 4.59. The van der Waals surface area contributed by atoms with E-state index in [0.29, 0.717) is 16.6 Å². The van der Waals surface area contributed by atoms with E-state index in [9.17, 15) is 4.79 Å². The Morgan fingerprint density at radius 2 is 2.00 bits per heavy atom. The Labute approximate surface area is 140 Å². The first-order valence-corrected chi connectivity index (χ1v) is 8.31. The molecule has 1 aliphatic heterocycles. The predicted molar refractivity (Wildman–Crippen MR) is 95.6 cm³/mol. The summed E-state index contributed by atoms with van der Waals surface area (Å²) in [6.45, 7) is 2.83. The fourth-order valence-electron chi connectivity index (χ4n) is 2.36. The fraction of sp³-hybridized carbons (Fsp3) is 0.222. The lowest BCUT2D eigenvalue weighted by atomic mass is 10.2. The molecule has 0 bridgehead atoms. The van der Waals surface area contributed by atoms with Crippen LogP contribution in [0, 0.1) is 0 Å². The van der Waals surface area contributed by atoms with Gasteiger partial charge in [0.25, 0.3) is 5.91 Å². The van der Waals surface area contributed by atoms with Crippen molar-refractivity contribution >= 4 is 28.5 Å². The lowest BCUT2D eigenvalue weighted by Crippen LogP contribution is -2.34. The van der Waals surface area contributed by atoms with Gasteiger partial charge in [0.15, 0.2) is 5.17 Å². The monoisotopic (exact) mass is 326 g/mol. The molecule has 1 aliphatic rings. The molecule has 0 radical (unpaired) electrons. The molecule has 1 atom stereocenters. The first-order chi connectivity index (χ1) is 11.2. The van der Waals surface area contributed by atoms with Crippen LogP contribution in [-0.2, 0) is 0 Å². The summed E-state index contributed by atoms with van der Waals surface area (Å²) >= 11 is 1.62. The van der Waals surface area contributed by atoms with E-state index < -0.39 is 0 Å². The van der Waals surface area contributed by atoms with Crippen molar-refractivity contribution in [3.05, 3.63) is 60.2 Å². The highest BCUT2D eigenvalue weighted by Crippen LogP contribution is 2.30. The van der Waals surface area contributed by atoms with Crippen LogP contribution in [0.3, 0.4) is 0 Å². The van der Waals surface area contributed by atoms with E-state index in [1.807, 2.05) is 54.6 Å². The van der Waals surface area contributed by atoms with Crippen molar-refractivity contribution in [2.24, 2.45) is 4.99 Å². The second-order valence-electron chi connectivity index (χ2n) is 5.26. The van der Waals surface area contributed by atoms with Crippen molar-refractivity contribution in [1.29, 1.82) is 0 Å². The molecule has 0 N–H and O–H groups in total. The number of carbonyl (C=O) groups is 1. The molecule has 4 nitrogen and oxygen atoms in total. The number of carbonyl (C=O) groups excluding carboxylic acids is 1. The van der Waals surface area contributed by atoms with E-state index in [4.69, 9.17) is 4.74 Å². The molecule has 0 saturated carbocycles. The smallest absolute Gasteiger partial charge is 0.264 e. The van der Waals surface area contributed by atoms with E-state index in [-0.39, 0.29) is 5.91 Å². The standard InChI is InChI=1S/C18H18N2O2S/c1-13-12-19-18(23-13)20(15-9-6-10-16(11-15)22-2)17(21)14-7-4-3-5-8-14/h3-11,13H,12H2,1-2H3. The van der Waals surface area contributed by atoms with E-state index >= 15 is 0 Å². The topological polar surface area (TPSA) is 41.9 Å². The number of benzene rings is 2. The summed E-state index contributed by atoms with van der Waals surface area (Å²) in [5.41, 5.74) is 1.40. The SMILES string of the molecule is COc1cccc(N(C(=O)c2ccccc2)C2=NCC(C)S2)c1. The van der Waals surface area contributed by atoms with Crippen LogP contribution in [-0.4, -0.2) is 30.0 Å². The van der Waals surface area contributed by atoms with Crippen LogP contribution >= 0.6 is 11.8 Å². The first kappa shape index (κ1) is 15.6. The summed E-state index contributed by atoms with van der Waals surface area (Å²) in [5.74, 6) is 0.629. The van der Waals surface area contributed by atoms with Crippen LogP contribution in [0.1, 0.15) is 17.3 Å². The number of rotatable bonds is 3. The van der Waals surface area contributed by atoms with Crippen LogP contribution in [0.2, 0.25) is 0 Å². The van der Waals surface area contributed by atoms with Gasteiger partial charge in [-0.25, -0.2) is 0 Å². The number of hydrogen-bond acceptors (Lipinski definition) is 4. The Balaban J connectivity index is 2.02. The maximum atomic E-state index is 13.0. The van der Waals surface area contributed by atoms with E-state index in [0.717, 1.165) is 17.4 Å². The number of nitrogens with zero attached hydrogens (tertiary/aromatic N) is 2. The van der Waals surface area contributed by atoms with Crippen LogP contribution in [0.25, 0.3) is 0 Å². The maximum Gasteiger partial charge on any atom is 0.264 e. The van der Waals surface area contributed by atoms with E-state index in [2.05, 4.69) is 11.9 Å².